The standard InChI is InChI=1S/C26H35N3O6S2/c1-19-11-12-23(16-25(19)37(33,34)28-13-6-4-5-7-14-28)27-26(30)22-9-8-10-24(15-22)36(31,32)29-17-20(2)35-21(3)18-29/h8-12,15-16,20-21H,4-7,13-14,17-18H2,1-3H3,(H,27,30). The van der Waals surface area contributed by atoms with Crippen molar-refractivity contribution in [3.05, 3.63) is 53.6 Å². The predicted octanol–water partition coefficient (Wildman–Crippen LogP) is 3.61. The fourth-order valence-electron chi connectivity index (χ4n) is 4.85. The lowest BCUT2D eigenvalue weighted by Gasteiger charge is -2.34. The van der Waals surface area contributed by atoms with Crippen LogP contribution in [0.25, 0.3) is 0 Å². The minimum atomic E-state index is -3.82. The minimum Gasteiger partial charge on any atom is -0.373 e. The lowest BCUT2D eigenvalue weighted by molar-refractivity contribution is -0.0440. The predicted molar refractivity (Wildman–Crippen MR) is 142 cm³/mol. The van der Waals surface area contributed by atoms with Gasteiger partial charge in [0.2, 0.25) is 20.0 Å². The van der Waals surface area contributed by atoms with Crippen LogP contribution in [0.15, 0.2) is 52.3 Å². The van der Waals surface area contributed by atoms with Gasteiger partial charge in [0, 0.05) is 37.4 Å². The topological polar surface area (TPSA) is 113 Å². The van der Waals surface area contributed by atoms with E-state index in [4.69, 9.17) is 4.74 Å². The normalized spacial score (nSPS) is 22.4. The van der Waals surface area contributed by atoms with E-state index in [-0.39, 0.29) is 40.7 Å². The number of carbonyl (C=O) groups is 1. The summed E-state index contributed by atoms with van der Waals surface area (Å²) in [6, 6.07) is 10.7. The van der Waals surface area contributed by atoms with Gasteiger partial charge in [-0.2, -0.15) is 8.61 Å². The molecule has 1 amide bonds. The van der Waals surface area contributed by atoms with Gasteiger partial charge in [-0.15, -0.1) is 0 Å². The maximum absolute atomic E-state index is 13.4. The first-order chi connectivity index (χ1) is 17.5. The second-order valence-electron chi connectivity index (χ2n) is 9.86. The van der Waals surface area contributed by atoms with Crippen LogP contribution in [0.4, 0.5) is 5.69 Å². The number of ether oxygens (including phenoxy) is 1. The zero-order valence-corrected chi connectivity index (χ0v) is 23.1. The molecule has 0 saturated carbocycles. The molecule has 37 heavy (non-hydrogen) atoms. The molecule has 2 saturated heterocycles. The van der Waals surface area contributed by atoms with Gasteiger partial charge in [-0.25, -0.2) is 16.8 Å². The smallest absolute Gasteiger partial charge is 0.255 e. The van der Waals surface area contributed by atoms with Crippen molar-refractivity contribution in [3.63, 3.8) is 0 Å². The lowest BCUT2D eigenvalue weighted by Crippen LogP contribution is -2.48. The number of anilines is 1. The number of benzene rings is 2. The third-order valence-corrected chi connectivity index (χ3v) is 10.6. The molecule has 0 aliphatic carbocycles. The molecule has 4 rings (SSSR count). The van der Waals surface area contributed by atoms with Crippen LogP contribution in [0, 0.1) is 6.92 Å². The van der Waals surface area contributed by atoms with Gasteiger partial charge in [0.25, 0.3) is 5.91 Å². The molecule has 0 bridgehead atoms. The molecular formula is C26H35N3O6S2. The molecule has 0 radical (unpaired) electrons. The van der Waals surface area contributed by atoms with E-state index in [2.05, 4.69) is 5.32 Å². The first-order valence-corrected chi connectivity index (χ1v) is 15.5. The van der Waals surface area contributed by atoms with Crippen LogP contribution in [0.3, 0.4) is 0 Å². The van der Waals surface area contributed by atoms with Crippen LogP contribution in [0.5, 0.6) is 0 Å². The van der Waals surface area contributed by atoms with Gasteiger partial charge in [-0.05, 0) is 69.5 Å². The monoisotopic (exact) mass is 549 g/mol. The molecule has 2 heterocycles. The zero-order chi connectivity index (χ0) is 26.8. The van der Waals surface area contributed by atoms with Gasteiger partial charge in [-0.3, -0.25) is 4.79 Å². The molecule has 2 aliphatic heterocycles. The number of hydrogen-bond donors (Lipinski definition) is 1. The van der Waals surface area contributed by atoms with Crippen molar-refractivity contribution in [2.75, 3.05) is 31.5 Å². The summed E-state index contributed by atoms with van der Waals surface area (Å²) in [7, 11) is -7.51. The van der Waals surface area contributed by atoms with Crippen LogP contribution < -0.4 is 5.32 Å². The average Bonchev–Trinajstić information content (AvgIpc) is 3.15. The number of carbonyl (C=O) groups excluding carboxylic acids is 1. The second kappa shape index (κ2) is 11.2. The summed E-state index contributed by atoms with van der Waals surface area (Å²) >= 11 is 0. The molecule has 0 spiro atoms. The van der Waals surface area contributed by atoms with Gasteiger partial charge in [0.15, 0.2) is 0 Å². The van der Waals surface area contributed by atoms with Crippen molar-refractivity contribution >= 4 is 31.6 Å². The highest BCUT2D eigenvalue weighted by Gasteiger charge is 2.32. The van der Waals surface area contributed by atoms with Crippen molar-refractivity contribution in [2.24, 2.45) is 0 Å². The summed E-state index contributed by atoms with van der Waals surface area (Å²) in [5.41, 5.74) is 1.09. The maximum atomic E-state index is 13.4. The van der Waals surface area contributed by atoms with E-state index >= 15 is 0 Å². The Morgan fingerprint density at radius 3 is 2.16 bits per heavy atom. The van der Waals surface area contributed by atoms with Crippen LogP contribution in [0.2, 0.25) is 0 Å². The molecule has 202 valence electrons. The molecule has 2 atom stereocenters. The van der Waals surface area contributed by atoms with E-state index in [0.29, 0.717) is 24.3 Å². The SMILES string of the molecule is Cc1ccc(NC(=O)c2cccc(S(=O)(=O)N3CC(C)OC(C)C3)c2)cc1S(=O)(=O)N1CCCCCC1. The van der Waals surface area contributed by atoms with Crippen molar-refractivity contribution in [2.45, 2.75) is 68.5 Å². The summed E-state index contributed by atoms with van der Waals surface area (Å²) in [5, 5.41) is 2.74. The minimum absolute atomic E-state index is 0.0230. The van der Waals surface area contributed by atoms with Gasteiger partial charge in [0.1, 0.15) is 0 Å². The third-order valence-electron chi connectivity index (χ3n) is 6.75. The van der Waals surface area contributed by atoms with Gasteiger partial charge in [0.05, 0.1) is 22.0 Å². The maximum Gasteiger partial charge on any atom is 0.255 e. The Kier molecular flexibility index (Phi) is 8.39. The number of amides is 1. The molecule has 2 fully saturated rings. The Bertz CT molecular complexity index is 1340. The molecule has 2 aromatic rings. The van der Waals surface area contributed by atoms with Crippen LogP contribution in [-0.4, -0.2) is 69.7 Å². The number of aryl methyl sites for hydroxylation is 1. The van der Waals surface area contributed by atoms with Gasteiger partial charge in [-0.1, -0.05) is 25.0 Å². The third kappa shape index (κ3) is 6.23. The zero-order valence-electron chi connectivity index (χ0n) is 21.5. The van der Waals surface area contributed by atoms with Crippen molar-refractivity contribution in [1.29, 1.82) is 0 Å². The van der Waals surface area contributed by atoms with Crippen LogP contribution in [-0.2, 0) is 24.8 Å². The molecule has 1 N–H and O–H groups in total. The number of morpholine rings is 1. The van der Waals surface area contributed by atoms with E-state index in [1.54, 1.807) is 19.1 Å². The largest absolute Gasteiger partial charge is 0.373 e. The fourth-order valence-corrected chi connectivity index (χ4v) is 8.26. The van der Waals surface area contributed by atoms with Crippen molar-refractivity contribution in [3.8, 4) is 0 Å². The molecule has 11 heteroatoms. The number of sulfonamides is 2. The lowest BCUT2D eigenvalue weighted by atomic mass is 10.2. The number of nitrogens with zero attached hydrogens (tertiary/aromatic N) is 2. The van der Waals surface area contributed by atoms with Gasteiger partial charge < -0.3 is 10.1 Å². The molecular weight excluding hydrogens is 514 g/mol. The summed E-state index contributed by atoms with van der Waals surface area (Å²) < 4.78 is 61.7. The number of rotatable bonds is 6. The Balaban J connectivity index is 1.55. The highest BCUT2D eigenvalue weighted by Crippen LogP contribution is 2.27. The second-order valence-corrected chi connectivity index (χ2v) is 13.7. The molecule has 0 aromatic heterocycles. The quantitative estimate of drug-likeness (QED) is 0.589. The summed E-state index contributed by atoms with van der Waals surface area (Å²) in [6.45, 7) is 6.83. The van der Waals surface area contributed by atoms with Crippen molar-refractivity contribution in [1.82, 2.24) is 8.61 Å². The summed E-state index contributed by atoms with van der Waals surface area (Å²) in [5.74, 6) is -0.525. The average molecular weight is 550 g/mol. The summed E-state index contributed by atoms with van der Waals surface area (Å²) in [4.78, 5) is 13.3. The van der Waals surface area contributed by atoms with Crippen molar-refractivity contribution < 1.29 is 26.4 Å². The molecule has 2 aliphatic rings. The van der Waals surface area contributed by atoms with E-state index in [1.807, 2.05) is 13.8 Å². The number of nitrogens with one attached hydrogen (secondary N) is 1. The number of hydrogen-bond acceptors (Lipinski definition) is 6. The van der Waals surface area contributed by atoms with Crippen LogP contribution in [0.1, 0.15) is 55.5 Å². The van der Waals surface area contributed by atoms with Gasteiger partial charge >= 0.3 is 0 Å². The fraction of sp³-hybridized carbons (Fsp3) is 0.500. The van der Waals surface area contributed by atoms with E-state index in [9.17, 15) is 21.6 Å². The van der Waals surface area contributed by atoms with E-state index in [0.717, 1.165) is 25.7 Å². The Labute approximate surface area is 219 Å². The Morgan fingerprint density at radius 1 is 0.865 bits per heavy atom. The first kappa shape index (κ1) is 27.7. The van der Waals surface area contributed by atoms with E-state index in [1.165, 1.54) is 38.9 Å². The molecule has 2 aromatic carbocycles. The first-order valence-electron chi connectivity index (χ1n) is 12.7. The van der Waals surface area contributed by atoms with Crippen LogP contribution >= 0.6 is 0 Å². The Hall–Kier alpha value is -2.31. The molecule has 9 nitrogen and oxygen atoms in total. The molecule has 2 unspecified atom stereocenters. The Morgan fingerprint density at radius 2 is 1.51 bits per heavy atom. The highest BCUT2D eigenvalue weighted by molar-refractivity contribution is 7.89. The summed E-state index contributed by atoms with van der Waals surface area (Å²) in [6.07, 6.45) is 3.23. The highest BCUT2D eigenvalue weighted by atomic mass is 32.2. The van der Waals surface area contributed by atoms with E-state index < -0.39 is 26.0 Å².